The lowest BCUT2D eigenvalue weighted by atomic mass is 9.79. The minimum absolute atomic E-state index is 0.138. The third-order valence-corrected chi connectivity index (χ3v) is 7.69. The van der Waals surface area contributed by atoms with Crippen molar-refractivity contribution >= 4 is 40.1 Å². The highest BCUT2D eigenvalue weighted by Gasteiger charge is 2.30. The van der Waals surface area contributed by atoms with Gasteiger partial charge in [0.15, 0.2) is 0 Å². The number of fused-ring (bicyclic) bond motifs is 1. The average molecular weight is 556 g/mol. The first-order valence-electron chi connectivity index (χ1n) is 12.8. The minimum atomic E-state index is -0.782. The molecule has 0 bridgehead atoms. The maximum absolute atomic E-state index is 11.3. The van der Waals surface area contributed by atoms with Crippen LogP contribution in [-0.2, 0) is 4.79 Å². The van der Waals surface area contributed by atoms with Crippen molar-refractivity contribution in [2.45, 2.75) is 38.2 Å². The molecule has 2 N–H and O–H groups in total. The number of methoxy groups -OCH3 is 1. The second kappa shape index (κ2) is 13.3. The summed E-state index contributed by atoms with van der Waals surface area (Å²) in [5, 5.41) is 22.4. The van der Waals surface area contributed by atoms with E-state index in [1.165, 1.54) is 0 Å². The van der Waals surface area contributed by atoms with E-state index in [4.69, 9.17) is 27.9 Å². The Kier molecular flexibility index (Phi) is 9.87. The van der Waals surface area contributed by atoms with Crippen molar-refractivity contribution < 1.29 is 19.7 Å². The number of nitrogens with zero attached hydrogens (tertiary/aromatic N) is 2. The average Bonchev–Trinajstić information content (AvgIpc) is 2.89. The summed E-state index contributed by atoms with van der Waals surface area (Å²) in [6.45, 7) is 2.26. The molecule has 1 fully saturated rings. The number of piperidine rings is 1. The van der Waals surface area contributed by atoms with E-state index < -0.39 is 12.1 Å². The fourth-order valence-corrected chi connectivity index (χ4v) is 5.81. The first-order valence-corrected chi connectivity index (χ1v) is 13.6. The van der Waals surface area contributed by atoms with Crippen LogP contribution in [-0.4, -0.2) is 52.8 Å². The van der Waals surface area contributed by atoms with E-state index in [2.05, 4.69) is 21.7 Å². The van der Waals surface area contributed by atoms with Crippen LogP contribution in [0.1, 0.15) is 49.3 Å². The van der Waals surface area contributed by atoms with Crippen molar-refractivity contribution in [3.05, 3.63) is 69.8 Å². The number of carbonyl (C=O) groups is 1. The zero-order valence-electron chi connectivity index (χ0n) is 21.4. The molecule has 3 atom stereocenters. The van der Waals surface area contributed by atoms with Crippen LogP contribution in [0.5, 0.6) is 5.75 Å². The number of carboxylic acid groups (broad SMARTS) is 1. The molecule has 2 heterocycles. The van der Waals surface area contributed by atoms with Gasteiger partial charge in [0.05, 0.1) is 25.3 Å². The predicted octanol–water partition coefficient (Wildman–Crippen LogP) is 6.22. The number of likely N-dealkylation sites (tertiary alicyclic amines) is 1. The molecule has 4 rings (SSSR count). The fourth-order valence-electron chi connectivity index (χ4n) is 5.29. The van der Waals surface area contributed by atoms with Gasteiger partial charge >= 0.3 is 5.97 Å². The first kappa shape index (κ1) is 28.2. The number of halogens is 2. The Morgan fingerprint density at radius 3 is 2.68 bits per heavy atom. The molecule has 0 spiro atoms. The topological polar surface area (TPSA) is 82.9 Å². The normalized spacial score (nSPS) is 18.5. The van der Waals surface area contributed by atoms with Gasteiger partial charge in [-0.25, -0.2) is 0 Å². The summed E-state index contributed by atoms with van der Waals surface area (Å²) < 4.78 is 5.36. The van der Waals surface area contributed by atoms with Gasteiger partial charge in [0.1, 0.15) is 5.75 Å². The second-order valence-electron chi connectivity index (χ2n) is 9.81. The quantitative estimate of drug-likeness (QED) is 0.305. The SMILES string of the molecule is COc1ccc2nccc([C@@H](O)CCC3CCN(CC#Cc4cc(Cl)cc(Cl)c4)CC3CCC(=O)O)c2c1. The minimum Gasteiger partial charge on any atom is -0.497 e. The smallest absolute Gasteiger partial charge is 0.303 e. The Morgan fingerprint density at radius 2 is 1.95 bits per heavy atom. The Morgan fingerprint density at radius 1 is 1.16 bits per heavy atom. The summed E-state index contributed by atoms with van der Waals surface area (Å²) in [6, 6.07) is 12.8. The van der Waals surface area contributed by atoms with E-state index in [-0.39, 0.29) is 12.3 Å². The molecule has 0 aliphatic carbocycles. The van der Waals surface area contributed by atoms with Crippen molar-refractivity contribution in [1.29, 1.82) is 0 Å². The van der Waals surface area contributed by atoms with Crippen molar-refractivity contribution in [1.82, 2.24) is 9.88 Å². The van der Waals surface area contributed by atoms with E-state index >= 15 is 0 Å². The number of hydrogen-bond acceptors (Lipinski definition) is 5. The van der Waals surface area contributed by atoms with Crippen LogP contribution in [0.2, 0.25) is 10.0 Å². The summed E-state index contributed by atoms with van der Waals surface area (Å²) >= 11 is 12.1. The molecule has 8 heteroatoms. The van der Waals surface area contributed by atoms with Crippen LogP contribution in [0.15, 0.2) is 48.7 Å². The number of hydrogen-bond donors (Lipinski definition) is 2. The Bertz CT molecular complexity index is 1320. The molecule has 0 saturated carbocycles. The molecule has 0 amide bonds. The molecule has 1 aliphatic heterocycles. The number of aromatic nitrogens is 1. The molecule has 1 aliphatic rings. The third-order valence-electron chi connectivity index (χ3n) is 7.25. The van der Waals surface area contributed by atoms with Gasteiger partial charge in [-0.05, 0) is 92.1 Å². The molecular weight excluding hydrogens is 523 g/mol. The Hall–Kier alpha value is -2.82. The molecule has 6 nitrogen and oxygen atoms in total. The number of aliphatic hydroxyl groups is 1. The lowest BCUT2D eigenvalue weighted by Crippen LogP contribution is -2.41. The number of aliphatic carboxylic acids is 1. The molecule has 1 aromatic heterocycles. The predicted molar refractivity (Wildman–Crippen MR) is 151 cm³/mol. The third kappa shape index (κ3) is 7.61. The van der Waals surface area contributed by atoms with Gasteiger partial charge in [-0.15, -0.1) is 0 Å². The molecular formula is C30H32Cl2N2O4. The van der Waals surface area contributed by atoms with Crippen LogP contribution >= 0.6 is 23.2 Å². The van der Waals surface area contributed by atoms with Crippen LogP contribution in [0.3, 0.4) is 0 Å². The molecule has 0 radical (unpaired) electrons. The van der Waals surface area contributed by atoms with Crippen LogP contribution < -0.4 is 4.74 Å². The van der Waals surface area contributed by atoms with Crippen molar-refractivity contribution in [3.63, 3.8) is 0 Å². The highest BCUT2D eigenvalue weighted by Crippen LogP contribution is 2.35. The summed E-state index contributed by atoms with van der Waals surface area (Å²) in [5.41, 5.74) is 2.43. The van der Waals surface area contributed by atoms with Crippen molar-refractivity contribution in [3.8, 4) is 17.6 Å². The zero-order valence-corrected chi connectivity index (χ0v) is 22.9. The van der Waals surface area contributed by atoms with Crippen LogP contribution in [0.4, 0.5) is 0 Å². The summed E-state index contributed by atoms with van der Waals surface area (Å²) in [4.78, 5) is 18.0. The molecule has 3 aromatic rings. The van der Waals surface area contributed by atoms with Crippen LogP contribution in [0, 0.1) is 23.7 Å². The maximum atomic E-state index is 11.3. The second-order valence-corrected chi connectivity index (χ2v) is 10.7. The Balaban J connectivity index is 1.40. The van der Waals surface area contributed by atoms with Gasteiger partial charge in [0, 0.05) is 40.2 Å². The molecule has 38 heavy (non-hydrogen) atoms. The number of ether oxygens (including phenoxy) is 1. The zero-order chi connectivity index (χ0) is 27.1. The largest absolute Gasteiger partial charge is 0.497 e. The van der Waals surface area contributed by atoms with Gasteiger partial charge in [0.2, 0.25) is 0 Å². The van der Waals surface area contributed by atoms with E-state index in [1.54, 1.807) is 31.5 Å². The van der Waals surface area contributed by atoms with E-state index in [0.717, 1.165) is 53.7 Å². The van der Waals surface area contributed by atoms with E-state index in [1.807, 2.05) is 24.3 Å². The standard InChI is InChI=1S/C30H32Cl2N2O4/c1-38-25-6-7-28-27(18-25)26(10-12-33-28)29(35)8-4-21-11-14-34(19-22(21)5-9-30(36)37)13-2-3-20-15-23(31)17-24(32)16-20/h6-7,10,12,15-18,21-22,29,35H,4-5,8-9,11,13-14,19H2,1H3,(H,36,37)/t21?,22?,29-/m0/s1. The molecule has 2 unspecified atom stereocenters. The molecule has 200 valence electrons. The molecule has 2 aromatic carbocycles. The summed E-state index contributed by atoms with van der Waals surface area (Å²) in [6.07, 6.45) is 4.19. The van der Waals surface area contributed by atoms with Gasteiger partial charge in [-0.3, -0.25) is 14.7 Å². The number of benzene rings is 2. The van der Waals surface area contributed by atoms with Crippen molar-refractivity contribution in [2.75, 3.05) is 26.7 Å². The lowest BCUT2D eigenvalue weighted by molar-refractivity contribution is -0.137. The number of pyridine rings is 1. The lowest BCUT2D eigenvalue weighted by Gasteiger charge is -2.38. The molecule has 1 saturated heterocycles. The number of aliphatic hydroxyl groups excluding tert-OH is 1. The van der Waals surface area contributed by atoms with Gasteiger partial charge < -0.3 is 14.9 Å². The fraction of sp³-hybridized carbons (Fsp3) is 0.400. The summed E-state index contributed by atoms with van der Waals surface area (Å²) in [7, 11) is 1.62. The number of rotatable bonds is 9. The van der Waals surface area contributed by atoms with Crippen molar-refractivity contribution in [2.24, 2.45) is 11.8 Å². The summed E-state index contributed by atoms with van der Waals surface area (Å²) in [5.74, 6) is 6.84. The highest BCUT2D eigenvalue weighted by molar-refractivity contribution is 6.34. The first-order chi connectivity index (χ1) is 18.3. The van der Waals surface area contributed by atoms with Gasteiger partial charge in [-0.1, -0.05) is 35.0 Å². The number of carboxylic acids is 1. The van der Waals surface area contributed by atoms with Gasteiger partial charge in [-0.2, -0.15) is 0 Å². The monoisotopic (exact) mass is 554 g/mol. The van der Waals surface area contributed by atoms with E-state index in [0.29, 0.717) is 35.3 Å². The van der Waals surface area contributed by atoms with E-state index in [9.17, 15) is 15.0 Å². The Labute approximate surface area is 233 Å². The maximum Gasteiger partial charge on any atom is 0.303 e. The highest BCUT2D eigenvalue weighted by atomic mass is 35.5. The van der Waals surface area contributed by atoms with Gasteiger partial charge in [0.25, 0.3) is 0 Å². The van der Waals surface area contributed by atoms with Crippen LogP contribution in [0.25, 0.3) is 10.9 Å².